The number of rotatable bonds is 8. The molecule has 0 bridgehead atoms. The van der Waals surface area contributed by atoms with Crippen molar-refractivity contribution in [2.45, 2.75) is 59.0 Å². The van der Waals surface area contributed by atoms with Crippen molar-refractivity contribution in [1.82, 2.24) is 0 Å². The van der Waals surface area contributed by atoms with E-state index >= 15 is 0 Å². The van der Waals surface area contributed by atoms with Gasteiger partial charge in [-0.05, 0) is 43.9 Å². The zero-order valence-corrected chi connectivity index (χ0v) is 12.0. The molecule has 0 aromatic heterocycles. The van der Waals surface area contributed by atoms with Gasteiger partial charge in [0.05, 0.1) is 6.10 Å². The van der Waals surface area contributed by atoms with Crippen molar-refractivity contribution >= 4 is 6.08 Å². The van der Waals surface area contributed by atoms with Gasteiger partial charge in [-0.3, -0.25) is 0 Å². The quantitative estimate of drug-likeness (QED) is 0.560. The summed E-state index contributed by atoms with van der Waals surface area (Å²) in [7, 11) is 0. The van der Waals surface area contributed by atoms with Gasteiger partial charge in [0.15, 0.2) is 0 Å². The minimum absolute atomic E-state index is 0.292. The Hall–Kier alpha value is -1.24. The Morgan fingerprint density at radius 2 is 2.06 bits per heavy atom. The van der Waals surface area contributed by atoms with Gasteiger partial charge >= 0.3 is 0 Å². The standard InChI is InChI=1S/C17H26O/c1-5-7-8-9-11-14(3)18-17-13-10-12-16(6-2)15(17)4/h6,10,12-14H,2,5,7-9,11H2,1,3-4H3. The van der Waals surface area contributed by atoms with Crippen LogP contribution in [0.25, 0.3) is 6.08 Å². The molecule has 1 unspecified atom stereocenters. The van der Waals surface area contributed by atoms with Crippen molar-refractivity contribution in [3.63, 3.8) is 0 Å². The number of ether oxygens (including phenoxy) is 1. The Balaban J connectivity index is 2.48. The zero-order valence-electron chi connectivity index (χ0n) is 12.0. The Bertz CT molecular complexity index is 368. The van der Waals surface area contributed by atoms with E-state index in [9.17, 15) is 0 Å². The first-order valence-corrected chi connectivity index (χ1v) is 7.07. The van der Waals surface area contributed by atoms with Gasteiger partial charge in [-0.25, -0.2) is 0 Å². The topological polar surface area (TPSA) is 9.23 Å². The molecule has 1 heteroatoms. The second-order valence-electron chi connectivity index (χ2n) is 4.95. The van der Waals surface area contributed by atoms with E-state index in [0.29, 0.717) is 6.10 Å². The first-order valence-electron chi connectivity index (χ1n) is 7.07. The van der Waals surface area contributed by atoms with Gasteiger partial charge in [0.1, 0.15) is 5.75 Å². The van der Waals surface area contributed by atoms with Gasteiger partial charge < -0.3 is 4.74 Å². The van der Waals surface area contributed by atoms with Gasteiger partial charge in [-0.1, -0.05) is 51.0 Å². The summed E-state index contributed by atoms with van der Waals surface area (Å²) in [6, 6.07) is 6.15. The van der Waals surface area contributed by atoms with E-state index in [1.807, 2.05) is 18.2 Å². The summed E-state index contributed by atoms with van der Waals surface area (Å²) >= 11 is 0. The summed E-state index contributed by atoms with van der Waals surface area (Å²) in [5.74, 6) is 0.996. The molecule has 0 saturated carbocycles. The molecule has 0 heterocycles. The fourth-order valence-corrected chi connectivity index (χ4v) is 2.11. The lowest BCUT2D eigenvalue weighted by molar-refractivity contribution is 0.205. The van der Waals surface area contributed by atoms with E-state index in [4.69, 9.17) is 4.74 Å². The molecule has 1 rings (SSSR count). The summed E-state index contributed by atoms with van der Waals surface area (Å²) in [6.07, 6.45) is 8.50. The van der Waals surface area contributed by atoms with Crippen LogP contribution in [0.4, 0.5) is 0 Å². The molecule has 1 aromatic carbocycles. The average molecular weight is 246 g/mol. The third kappa shape index (κ3) is 4.56. The molecule has 100 valence electrons. The van der Waals surface area contributed by atoms with Crippen LogP contribution in [0.1, 0.15) is 57.1 Å². The van der Waals surface area contributed by atoms with Crippen molar-refractivity contribution < 1.29 is 4.74 Å². The number of benzene rings is 1. The van der Waals surface area contributed by atoms with Crippen LogP contribution in [-0.2, 0) is 0 Å². The molecule has 1 aromatic rings. The van der Waals surface area contributed by atoms with Crippen molar-refractivity contribution in [2.24, 2.45) is 0 Å². The highest BCUT2D eigenvalue weighted by molar-refractivity contribution is 5.55. The van der Waals surface area contributed by atoms with Crippen LogP contribution in [-0.4, -0.2) is 6.10 Å². The predicted molar refractivity (Wildman–Crippen MR) is 80.1 cm³/mol. The second-order valence-corrected chi connectivity index (χ2v) is 4.95. The van der Waals surface area contributed by atoms with Gasteiger partial charge in [-0.2, -0.15) is 0 Å². The molecule has 0 saturated heterocycles. The van der Waals surface area contributed by atoms with Crippen LogP contribution in [0, 0.1) is 6.92 Å². The van der Waals surface area contributed by atoms with E-state index in [0.717, 1.165) is 17.7 Å². The molecule has 1 nitrogen and oxygen atoms in total. The SMILES string of the molecule is C=Cc1cccc(OC(C)CCCCCC)c1C. The van der Waals surface area contributed by atoms with Crippen molar-refractivity contribution in [1.29, 1.82) is 0 Å². The number of hydrogen-bond acceptors (Lipinski definition) is 1. The highest BCUT2D eigenvalue weighted by Gasteiger charge is 2.07. The summed E-state index contributed by atoms with van der Waals surface area (Å²) < 4.78 is 6.02. The fourth-order valence-electron chi connectivity index (χ4n) is 2.11. The molecule has 0 aliphatic rings. The Morgan fingerprint density at radius 1 is 1.28 bits per heavy atom. The van der Waals surface area contributed by atoms with Crippen LogP contribution in [0.3, 0.4) is 0 Å². The molecule has 1 atom stereocenters. The minimum Gasteiger partial charge on any atom is -0.490 e. The number of hydrogen-bond donors (Lipinski definition) is 0. The van der Waals surface area contributed by atoms with E-state index in [2.05, 4.69) is 33.4 Å². The van der Waals surface area contributed by atoms with Crippen molar-refractivity contribution in [2.75, 3.05) is 0 Å². The van der Waals surface area contributed by atoms with Crippen LogP contribution in [0.15, 0.2) is 24.8 Å². The molecule has 0 aliphatic heterocycles. The average Bonchev–Trinajstić information content (AvgIpc) is 2.37. The van der Waals surface area contributed by atoms with Gasteiger partial charge in [0.25, 0.3) is 0 Å². The largest absolute Gasteiger partial charge is 0.490 e. The van der Waals surface area contributed by atoms with Crippen LogP contribution >= 0.6 is 0 Å². The zero-order chi connectivity index (χ0) is 13.4. The summed E-state index contributed by atoms with van der Waals surface area (Å²) in [6.45, 7) is 10.3. The predicted octanol–water partition coefficient (Wildman–Crippen LogP) is 5.38. The molecular weight excluding hydrogens is 220 g/mol. The maximum Gasteiger partial charge on any atom is 0.123 e. The molecule has 0 aliphatic carbocycles. The highest BCUT2D eigenvalue weighted by atomic mass is 16.5. The highest BCUT2D eigenvalue weighted by Crippen LogP contribution is 2.24. The Morgan fingerprint density at radius 3 is 2.72 bits per heavy atom. The second kappa shape index (κ2) is 7.97. The lowest BCUT2D eigenvalue weighted by Gasteiger charge is -2.17. The molecule has 0 fully saturated rings. The maximum atomic E-state index is 6.02. The van der Waals surface area contributed by atoms with Crippen LogP contribution in [0.2, 0.25) is 0 Å². The van der Waals surface area contributed by atoms with E-state index < -0.39 is 0 Å². The number of unbranched alkanes of at least 4 members (excludes halogenated alkanes) is 3. The Labute approximate surface area is 112 Å². The van der Waals surface area contributed by atoms with Gasteiger partial charge in [0, 0.05) is 0 Å². The molecule has 0 amide bonds. The first-order chi connectivity index (χ1) is 8.69. The summed E-state index contributed by atoms with van der Waals surface area (Å²) in [5.41, 5.74) is 2.35. The smallest absolute Gasteiger partial charge is 0.123 e. The third-order valence-corrected chi connectivity index (χ3v) is 3.34. The first kappa shape index (κ1) is 14.8. The van der Waals surface area contributed by atoms with E-state index in [1.165, 1.54) is 31.2 Å². The molecule has 0 N–H and O–H groups in total. The fraction of sp³-hybridized carbons (Fsp3) is 0.529. The summed E-state index contributed by atoms with van der Waals surface area (Å²) in [4.78, 5) is 0. The van der Waals surface area contributed by atoms with Crippen molar-refractivity contribution in [3.05, 3.63) is 35.9 Å². The van der Waals surface area contributed by atoms with E-state index in [1.54, 1.807) is 0 Å². The van der Waals surface area contributed by atoms with Crippen molar-refractivity contribution in [3.8, 4) is 5.75 Å². The normalized spacial score (nSPS) is 12.2. The molecule has 18 heavy (non-hydrogen) atoms. The van der Waals surface area contributed by atoms with Gasteiger partial charge in [-0.15, -0.1) is 0 Å². The molecular formula is C17H26O. The molecule has 0 spiro atoms. The minimum atomic E-state index is 0.292. The lowest BCUT2D eigenvalue weighted by Crippen LogP contribution is -2.12. The third-order valence-electron chi connectivity index (χ3n) is 3.34. The lowest BCUT2D eigenvalue weighted by atomic mass is 10.1. The maximum absolute atomic E-state index is 6.02. The van der Waals surface area contributed by atoms with E-state index in [-0.39, 0.29) is 0 Å². The Kier molecular flexibility index (Phi) is 6.56. The summed E-state index contributed by atoms with van der Waals surface area (Å²) in [5, 5.41) is 0. The van der Waals surface area contributed by atoms with Crippen LogP contribution in [0.5, 0.6) is 5.75 Å². The van der Waals surface area contributed by atoms with Gasteiger partial charge in [0.2, 0.25) is 0 Å². The van der Waals surface area contributed by atoms with Crippen LogP contribution < -0.4 is 4.74 Å². The molecule has 0 radical (unpaired) electrons. The monoisotopic (exact) mass is 246 g/mol.